The van der Waals surface area contributed by atoms with Crippen LogP contribution in [0.1, 0.15) is 59.3 Å². The molecule has 1 aliphatic heterocycles. The van der Waals surface area contributed by atoms with Gasteiger partial charge in [0.1, 0.15) is 23.9 Å². The van der Waals surface area contributed by atoms with E-state index in [2.05, 4.69) is 21.0 Å². The summed E-state index contributed by atoms with van der Waals surface area (Å²) in [5, 5.41) is 6.68. The largest absolute Gasteiger partial charge is 0.484 e. The molecule has 0 spiro atoms. The normalized spacial score (nSPS) is 17.4. The summed E-state index contributed by atoms with van der Waals surface area (Å²) in [4.78, 5) is 52.8. The number of amides is 3. The van der Waals surface area contributed by atoms with E-state index in [0.717, 1.165) is 5.56 Å². The van der Waals surface area contributed by atoms with Crippen LogP contribution in [0.2, 0.25) is 0 Å². The Morgan fingerprint density at radius 2 is 1.82 bits per heavy atom. The maximum absolute atomic E-state index is 12.9. The van der Waals surface area contributed by atoms with Gasteiger partial charge in [0.25, 0.3) is 11.8 Å². The molecule has 40 heavy (non-hydrogen) atoms. The third kappa shape index (κ3) is 8.51. The van der Waals surface area contributed by atoms with Gasteiger partial charge in [-0.15, -0.1) is 0 Å². The summed E-state index contributed by atoms with van der Waals surface area (Å²) < 4.78 is 11.3. The Kier molecular flexibility index (Phi) is 11.0. The van der Waals surface area contributed by atoms with Crippen LogP contribution in [0.25, 0.3) is 11.3 Å². The van der Waals surface area contributed by atoms with E-state index in [0.29, 0.717) is 48.9 Å². The molecular weight excluding hydrogens is 514 g/mol. The van der Waals surface area contributed by atoms with Crippen LogP contribution in [0.3, 0.4) is 0 Å². The summed E-state index contributed by atoms with van der Waals surface area (Å²) in [5.41, 5.74) is 5.03. The maximum atomic E-state index is 12.9. The summed E-state index contributed by atoms with van der Waals surface area (Å²) in [5.74, 6) is -0.0768. The van der Waals surface area contributed by atoms with E-state index in [4.69, 9.17) is 9.47 Å². The number of hydrazine groups is 1. The Morgan fingerprint density at radius 1 is 1.10 bits per heavy atom. The number of nitrogens with zero attached hydrogens (tertiary/aromatic N) is 2. The molecule has 2 heterocycles. The van der Waals surface area contributed by atoms with Gasteiger partial charge in [-0.1, -0.05) is 19.9 Å². The first-order valence-corrected chi connectivity index (χ1v) is 13.6. The van der Waals surface area contributed by atoms with Crippen LogP contribution in [0, 0.1) is 5.92 Å². The maximum Gasteiger partial charge on any atom is 0.325 e. The summed E-state index contributed by atoms with van der Waals surface area (Å²) in [6.45, 7) is 9.73. The van der Waals surface area contributed by atoms with Crippen molar-refractivity contribution in [3.63, 3.8) is 0 Å². The lowest BCUT2D eigenvalue weighted by molar-refractivity contribution is -0.157. The zero-order valence-corrected chi connectivity index (χ0v) is 23.7. The molecule has 11 heteroatoms. The van der Waals surface area contributed by atoms with E-state index in [9.17, 15) is 19.2 Å². The molecule has 0 aliphatic carbocycles. The Hall–Kier alpha value is -3.99. The molecule has 3 rings (SSSR count). The third-order valence-corrected chi connectivity index (χ3v) is 6.81. The SMILES string of the molecule is CC(C)[C@@H](C)NC(=O)COc1ccc(-c2cccc([C@@H](C)OC(=O)[C@@H]3CCCN(C(=O)[C@H](C)NC=O)N3)n2)cc1. The van der Waals surface area contributed by atoms with Crippen molar-refractivity contribution in [1.29, 1.82) is 0 Å². The topological polar surface area (TPSA) is 139 Å². The highest BCUT2D eigenvalue weighted by Gasteiger charge is 2.32. The van der Waals surface area contributed by atoms with Crippen molar-refractivity contribution >= 4 is 24.2 Å². The van der Waals surface area contributed by atoms with Gasteiger partial charge in [-0.05, 0) is 75.9 Å². The highest BCUT2D eigenvalue weighted by Crippen LogP contribution is 2.24. The van der Waals surface area contributed by atoms with Crippen molar-refractivity contribution in [3.05, 3.63) is 48.2 Å². The van der Waals surface area contributed by atoms with E-state index in [1.807, 2.05) is 45.0 Å². The zero-order chi connectivity index (χ0) is 29.2. The molecule has 0 radical (unpaired) electrons. The van der Waals surface area contributed by atoms with Crippen LogP contribution in [0.15, 0.2) is 42.5 Å². The lowest BCUT2D eigenvalue weighted by Gasteiger charge is -2.34. The van der Waals surface area contributed by atoms with Gasteiger partial charge in [0.2, 0.25) is 6.41 Å². The number of benzene rings is 1. The molecule has 1 aromatic carbocycles. The highest BCUT2D eigenvalue weighted by atomic mass is 16.5. The van der Waals surface area contributed by atoms with Crippen LogP contribution < -0.4 is 20.8 Å². The molecular formula is C29H39N5O6. The van der Waals surface area contributed by atoms with Crippen LogP contribution >= 0.6 is 0 Å². The fourth-order valence-electron chi connectivity index (χ4n) is 4.01. The predicted octanol–water partition coefficient (Wildman–Crippen LogP) is 2.52. The molecule has 0 saturated carbocycles. The fourth-order valence-corrected chi connectivity index (χ4v) is 4.01. The molecule has 4 atom stereocenters. The number of nitrogens with one attached hydrogen (secondary N) is 3. The molecule has 1 aliphatic rings. The molecule has 1 saturated heterocycles. The van der Waals surface area contributed by atoms with Crippen molar-refractivity contribution < 1.29 is 28.7 Å². The summed E-state index contributed by atoms with van der Waals surface area (Å²) in [6, 6.07) is 11.4. The zero-order valence-electron chi connectivity index (χ0n) is 23.7. The summed E-state index contributed by atoms with van der Waals surface area (Å²) >= 11 is 0. The van der Waals surface area contributed by atoms with E-state index in [1.165, 1.54) is 5.01 Å². The molecule has 3 amide bonds. The first-order valence-electron chi connectivity index (χ1n) is 13.6. The monoisotopic (exact) mass is 553 g/mol. The molecule has 3 N–H and O–H groups in total. The molecule has 1 aromatic heterocycles. The lowest BCUT2D eigenvalue weighted by atomic mass is 10.1. The molecule has 11 nitrogen and oxygen atoms in total. The van der Waals surface area contributed by atoms with Gasteiger partial charge in [-0.3, -0.25) is 24.2 Å². The standard InChI is InChI=1S/C29H39N5O6/c1-18(2)19(3)31-27(36)16-39-23-13-11-22(12-14-23)25-9-6-8-24(32-25)21(5)40-29(38)26-10-7-15-34(33-26)28(37)20(4)30-17-35/h6,8-9,11-14,17-21,26,33H,7,10,15-16H2,1-5H3,(H,30,35)(H,31,36)/t19-,20+,21-,26+/m1/s1. The average Bonchev–Trinajstić information content (AvgIpc) is 2.96. The van der Waals surface area contributed by atoms with Gasteiger partial charge >= 0.3 is 5.97 Å². The van der Waals surface area contributed by atoms with Gasteiger partial charge < -0.3 is 20.1 Å². The number of hydrogen-bond donors (Lipinski definition) is 3. The first-order chi connectivity index (χ1) is 19.1. The second-order valence-electron chi connectivity index (χ2n) is 10.3. The van der Waals surface area contributed by atoms with E-state index < -0.39 is 24.2 Å². The Labute approximate surface area is 235 Å². The van der Waals surface area contributed by atoms with E-state index >= 15 is 0 Å². The Morgan fingerprint density at radius 3 is 2.50 bits per heavy atom. The van der Waals surface area contributed by atoms with Gasteiger partial charge in [-0.2, -0.15) is 0 Å². The third-order valence-electron chi connectivity index (χ3n) is 6.81. The number of ether oxygens (including phenoxy) is 2. The Balaban J connectivity index is 1.57. The van der Waals surface area contributed by atoms with Gasteiger partial charge in [-0.25, -0.2) is 10.4 Å². The fraction of sp³-hybridized carbons (Fsp3) is 0.483. The number of esters is 1. The van der Waals surface area contributed by atoms with Crippen molar-refractivity contribution in [1.82, 2.24) is 26.1 Å². The number of aromatic nitrogens is 1. The highest BCUT2D eigenvalue weighted by molar-refractivity contribution is 5.84. The van der Waals surface area contributed by atoms with Crippen molar-refractivity contribution in [2.45, 2.75) is 71.7 Å². The van der Waals surface area contributed by atoms with Gasteiger partial charge in [0.05, 0.1) is 11.4 Å². The summed E-state index contributed by atoms with van der Waals surface area (Å²) in [7, 11) is 0. The minimum Gasteiger partial charge on any atom is -0.484 e. The number of carbonyl (C=O) groups is 4. The number of hydrogen-bond acceptors (Lipinski definition) is 8. The second-order valence-corrected chi connectivity index (χ2v) is 10.3. The molecule has 2 aromatic rings. The summed E-state index contributed by atoms with van der Waals surface area (Å²) in [6.07, 6.45) is 0.991. The quantitative estimate of drug-likeness (QED) is 0.269. The van der Waals surface area contributed by atoms with E-state index in [1.54, 1.807) is 32.0 Å². The van der Waals surface area contributed by atoms with Crippen molar-refractivity contribution in [2.75, 3.05) is 13.2 Å². The van der Waals surface area contributed by atoms with Gasteiger partial charge in [0.15, 0.2) is 6.61 Å². The predicted molar refractivity (Wildman–Crippen MR) is 149 cm³/mol. The number of carbonyl (C=O) groups excluding carboxylic acids is 4. The average molecular weight is 554 g/mol. The lowest BCUT2D eigenvalue weighted by Crippen LogP contribution is -2.59. The van der Waals surface area contributed by atoms with Gasteiger partial charge in [0, 0.05) is 18.2 Å². The molecule has 1 fully saturated rings. The Bertz CT molecular complexity index is 1170. The van der Waals surface area contributed by atoms with Crippen LogP contribution in [0.5, 0.6) is 5.75 Å². The first kappa shape index (κ1) is 30.6. The molecule has 0 unspecified atom stereocenters. The van der Waals surface area contributed by atoms with Crippen LogP contribution in [0.4, 0.5) is 0 Å². The van der Waals surface area contributed by atoms with Crippen LogP contribution in [-0.2, 0) is 23.9 Å². The van der Waals surface area contributed by atoms with Crippen molar-refractivity contribution in [3.8, 4) is 17.0 Å². The molecule has 0 bridgehead atoms. The number of pyridine rings is 1. The number of rotatable bonds is 12. The minimum atomic E-state index is -0.704. The smallest absolute Gasteiger partial charge is 0.325 e. The molecule has 216 valence electrons. The van der Waals surface area contributed by atoms with E-state index in [-0.39, 0.29) is 24.5 Å². The second kappa shape index (κ2) is 14.4. The minimum absolute atomic E-state index is 0.0660. The van der Waals surface area contributed by atoms with Crippen molar-refractivity contribution in [2.24, 2.45) is 5.92 Å². The van der Waals surface area contributed by atoms with Crippen LogP contribution in [-0.4, -0.2) is 65.5 Å².